The van der Waals surface area contributed by atoms with E-state index in [2.05, 4.69) is 26.1 Å². The van der Waals surface area contributed by atoms with Gasteiger partial charge in [0.1, 0.15) is 19.0 Å². The molecule has 1 aliphatic heterocycles. The Bertz CT molecular complexity index is 1570. The molecule has 0 radical (unpaired) electrons. The first-order valence-corrected chi connectivity index (χ1v) is 15.3. The van der Waals surface area contributed by atoms with Gasteiger partial charge in [-0.05, 0) is 61.6 Å². The van der Waals surface area contributed by atoms with Crippen molar-refractivity contribution >= 4 is 6.09 Å². The molecule has 2 fully saturated rings. The Kier molecular flexibility index (Phi) is 9.04. The first kappa shape index (κ1) is 30.6. The van der Waals surface area contributed by atoms with Crippen LogP contribution in [-0.2, 0) is 31.2 Å². The number of likely N-dealkylation sites (tertiary alicyclic amines) is 1. The van der Waals surface area contributed by atoms with Crippen molar-refractivity contribution in [2.75, 3.05) is 13.1 Å². The molecule has 0 bridgehead atoms. The van der Waals surface area contributed by atoms with E-state index >= 15 is 0 Å². The number of rotatable bonds is 8. The summed E-state index contributed by atoms with van der Waals surface area (Å²) in [6.07, 6.45) is 6.03. The average Bonchev–Trinajstić information content (AvgIpc) is 3.70. The van der Waals surface area contributed by atoms with Crippen LogP contribution >= 0.6 is 0 Å². The summed E-state index contributed by atoms with van der Waals surface area (Å²) in [7, 11) is 1.86. The molecule has 0 unspecified atom stereocenters. The Hall–Kier alpha value is -4.42. The predicted octanol–water partition coefficient (Wildman–Crippen LogP) is 6.42. The summed E-state index contributed by atoms with van der Waals surface area (Å²) in [6, 6.07) is 11.7. The zero-order chi connectivity index (χ0) is 31.4. The van der Waals surface area contributed by atoms with Gasteiger partial charge in [-0.25, -0.2) is 9.78 Å². The lowest BCUT2D eigenvalue weighted by Gasteiger charge is -2.31. The van der Waals surface area contributed by atoms with E-state index in [4.69, 9.17) is 14.6 Å². The van der Waals surface area contributed by atoms with Gasteiger partial charge in [0, 0.05) is 44.5 Å². The van der Waals surface area contributed by atoms with Gasteiger partial charge in [0.25, 0.3) is 0 Å². The molecule has 1 amide bonds. The van der Waals surface area contributed by atoms with Crippen LogP contribution in [0.3, 0.4) is 0 Å². The number of hydrogen-bond acceptors (Lipinski definition) is 7. The van der Waals surface area contributed by atoms with Crippen molar-refractivity contribution < 1.29 is 27.4 Å². The third kappa shape index (κ3) is 7.29. The van der Waals surface area contributed by atoms with Crippen LogP contribution in [0.5, 0.6) is 5.88 Å². The van der Waals surface area contributed by atoms with Crippen LogP contribution in [0, 0.1) is 0 Å². The van der Waals surface area contributed by atoms with Crippen LogP contribution < -0.4 is 4.74 Å². The third-order valence-electron chi connectivity index (χ3n) is 8.90. The Labute approximate surface area is 259 Å². The number of carbonyl (C=O) groups excluding carboxylic acids is 1. The highest BCUT2D eigenvalue weighted by Crippen LogP contribution is 2.40. The maximum atomic E-state index is 13.0. The van der Waals surface area contributed by atoms with Gasteiger partial charge in [-0.2, -0.15) is 18.3 Å². The second-order valence-corrected chi connectivity index (χ2v) is 11.8. The standard InChI is InChI=1S/C32H36F3N7O3/c1-40-28(21-44-29-17-26(11-14-36-29)32(33,34)35)38-39-30(40)24-9-7-23(8-10-24)25-18-37-42(19-25)27-12-15-41(16-13-27)31(43)45-20-22-5-3-2-4-6-22/h2-6,11,14,17-19,23-24,27H,7-10,12-13,15-16,20-21H2,1H3. The summed E-state index contributed by atoms with van der Waals surface area (Å²) in [6.45, 7) is 1.53. The molecule has 4 aromatic rings. The molecule has 45 heavy (non-hydrogen) atoms. The topological polar surface area (TPSA) is 100 Å². The van der Waals surface area contributed by atoms with Crippen LogP contribution in [0.4, 0.5) is 18.0 Å². The number of pyridine rings is 1. The molecule has 1 saturated carbocycles. The van der Waals surface area contributed by atoms with Crippen molar-refractivity contribution in [1.82, 2.24) is 34.4 Å². The highest BCUT2D eigenvalue weighted by Gasteiger charge is 2.32. The number of halogens is 3. The Morgan fingerprint density at radius 3 is 2.42 bits per heavy atom. The zero-order valence-corrected chi connectivity index (χ0v) is 25.1. The van der Waals surface area contributed by atoms with Crippen molar-refractivity contribution in [2.24, 2.45) is 7.05 Å². The molecule has 1 aliphatic carbocycles. The monoisotopic (exact) mass is 623 g/mol. The number of hydrogen-bond donors (Lipinski definition) is 0. The second-order valence-electron chi connectivity index (χ2n) is 11.8. The number of alkyl halides is 3. The number of nitrogens with zero attached hydrogens (tertiary/aromatic N) is 7. The van der Waals surface area contributed by atoms with Gasteiger partial charge in [-0.15, -0.1) is 10.2 Å². The number of carbonyl (C=O) groups is 1. The number of aromatic nitrogens is 6. The van der Waals surface area contributed by atoms with E-state index in [0.717, 1.165) is 68.2 Å². The molecule has 0 N–H and O–H groups in total. The van der Waals surface area contributed by atoms with Gasteiger partial charge < -0.3 is 18.9 Å². The molecule has 1 aromatic carbocycles. The lowest BCUT2D eigenvalue weighted by Crippen LogP contribution is -2.39. The Morgan fingerprint density at radius 2 is 1.69 bits per heavy atom. The van der Waals surface area contributed by atoms with Gasteiger partial charge >= 0.3 is 12.3 Å². The summed E-state index contributed by atoms with van der Waals surface area (Å²) < 4.78 is 53.9. The zero-order valence-electron chi connectivity index (χ0n) is 25.1. The number of benzene rings is 1. The molecular formula is C32H36F3N7O3. The largest absolute Gasteiger partial charge is 0.469 e. The molecule has 0 spiro atoms. The SMILES string of the molecule is Cn1c(COc2cc(C(F)(F)F)ccn2)nnc1C1CCC(c2cnn(C3CCN(C(=O)OCc4ccccc4)CC3)c2)CC1. The maximum absolute atomic E-state index is 13.0. The van der Waals surface area contributed by atoms with Crippen molar-refractivity contribution in [3.8, 4) is 5.88 Å². The van der Waals surface area contributed by atoms with Crippen molar-refractivity contribution in [1.29, 1.82) is 0 Å². The Balaban J connectivity index is 0.966. The second kappa shape index (κ2) is 13.3. The van der Waals surface area contributed by atoms with Gasteiger partial charge in [-0.1, -0.05) is 30.3 Å². The van der Waals surface area contributed by atoms with Gasteiger partial charge in [-0.3, -0.25) is 4.68 Å². The van der Waals surface area contributed by atoms with E-state index < -0.39 is 11.7 Å². The van der Waals surface area contributed by atoms with Gasteiger partial charge in [0.2, 0.25) is 5.88 Å². The van der Waals surface area contributed by atoms with Crippen LogP contribution in [0.1, 0.15) is 84.7 Å². The molecule has 13 heteroatoms. The summed E-state index contributed by atoms with van der Waals surface area (Å²) in [5.41, 5.74) is 1.40. The van der Waals surface area contributed by atoms with E-state index in [1.165, 1.54) is 5.56 Å². The van der Waals surface area contributed by atoms with Crippen molar-refractivity contribution in [3.05, 3.63) is 89.4 Å². The lowest BCUT2D eigenvalue weighted by atomic mass is 9.79. The first-order chi connectivity index (χ1) is 21.7. The van der Waals surface area contributed by atoms with Gasteiger partial charge in [0.05, 0.1) is 17.8 Å². The molecule has 4 heterocycles. The molecular weight excluding hydrogens is 587 g/mol. The average molecular weight is 624 g/mol. The molecule has 238 valence electrons. The molecule has 0 atom stereocenters. The maximum Gasteiger partial charge on any atom is 0.416 e. The fourth-order valence-corrected chi connectivity index (χ4v) is 6.23. The molecule has 2 aliphatic rings. The van der Waals surface area contributed by atoms with E-state index in [1.54, 1.807) is 4.90 Å². The van der Waals surface area contributed by atoms with Crippen LogP contribution in [0.15, 0.2) is 61.1 Å². The summed E-state index contributed by atoms with van der Waals surface area (Å²) >= 11 is 0. The fraction of sp³-hybridized carbons (Fsp3) is 0.469. The minimum absolute atomic E-state index is 0.0276. The van der Waals surface area contributed by atoms with Crippen molar-refractivity contribution in [3.63, 3.8) is 0 Å². The predicted molar refractivity (Wildman–Crippen MR) is 157 cm³/mol. The van der Waals surface area contributed by atoms with E-state index in [9.17, 15) is 18.0 Å². The molecule has 6 rings (SSSR count). The van der Waals surface area contributed by atoms with E-state index in [1.807, 2.05) is 48.1 Å². The van der Waals surface area contributed by atoms with Crippen LogP contribution in [-0.4, -0.2) is 53.6 Å². The summed E-state index contributed by atoms with van der Waals surface area (Å²) in [4.78, 5) is 18.2. The van der Waals surface area contributed by atoms with Crippen LogP contribution in [0.25, 0.3) is 0 Å². The molecule has 10 nitrogen and oxygen atoms in total. The van der Waals surface area contributed by atoms with E-state index in [-0.39, 0.29) is 37.1 Å². The van der Waals surface area contributed by atoms with Crippen molar-refractivity contribution in [2.45, 2.75) is 75.8 Å². The highest BCUT2D eigenvalue weighted by atomic mass is 19.4. The van der Waals surface area contributed by atoms with Crippen LogP contribution in [0.2, 0.25) is 0 Å². The van der Waals surface area contributed by atoms with Gasteiger partial charge in [0.15, 0.2) is 5.82 Å². The number of ether oxygens (including phenoxy) is 2. The quantitative estimate of drug-likeness (QED) is 0.223. The third-order valence-corrected chi connectivity index (χ3v) is 8.90. The fourth-order valence-electron chi connectivity index (χ4n) is 6.23. The Morgan fingerprint density at radius 1 is 0.956 bits per heavy atom. The van der Waals surface area contributed by atoms with E-state index in [0.29, 0.717) is 24.8 Å². The normalized spacial score (nSPS) is 19.4. The lowest BCUT2D eigenvalue weighted by molar-refractivity contribution is -0.137. The minimum Gasteiger partial charge on any atom is -0.469 e. The first-order valence-electron chi connectivity index (χ1n) is 15.3. The smallest absolute Gasteiger partial charge is 0.416 e. The highest BCUT2D eigenvalue weighted by molar-refractivity contribution is 5.67. The molecule has 1 saturated heterocycles. The summed E-state index contributed by atoms with van der Waals surface area (Å²) in [5.74, 6) is 1.92. The summed E-state index contributed by atoms with van der Waals surface area (Å²) in [5, 5.41) is 13.3. The number of piperidine rings is 1. The minimum atomic E-state index is -4.46. The molecule has 3 aromatic heterocycles. The number of amides is 1.